The molecular formula is C25H36N4O5. The van der Waals surface area contributed by atoms with Crippen molar-refractivity contribution in [2.75, 3.05) is 26.8 Å². The van der Waals surface area contributed by atoms with E-state index in [0.29, 0.717) is 37.1 Å². The molecule has 1 saturated heterocycles. The van der Waals surface area contributed by atoms with Gasteiger partial charge in [0.15, 0.2) is 11.6 Å². The van der Waals surface area contributed by atoms with Gasteiger partial charge in [-0.25, -0.2) is 0 Å². The van der Waals surface area contributed by atoms with Crippen molar-refractivity contribution in [2.24, 2.45) is 11.1 Å². The number of Topliss-reactive ketones (excluding diaryl/α,β-unsaturated/α-hetero) is 2. The van der Waals surface area contributed by atoms with Gasteiger partial charge in [-0.2, -0.15) is 9.97 Å². The van der Waals surface area contributed by atoms with Gasteiger partial charge >= 0.3 is 0 Å². The first-order valence-electron chi connectivity index (χ1n) is 12.4. The number of carbonyl (C=O) groups is 2. The minimum absolute atomic E-state index is 0.0354. The molecule has 9 nitrogen and oxygen atoms in total. The van der Waals surface area contributed by atoms with Crippen LogP contribution in [0.15, 0.2) is 11.6 Å². The quantitative estimate of drug-likeness (QED) is 0.453. The monoisotopic (exact) mass is 472 g/mol. The van der Waals surface area contributed by atoms with Gasteiger partial charge in [0.05, 0.1) is 23.8 Å². The largest absolute Gasteiger partial charge is 0.475 e. The Morgan fingerprint density at radius 3 is 2.68 bits per heavy atom. The van der Waals surface area contributed by atoms with Crippen molar-refractivity contribution >= 4 is 17.3 Å². The number of ether oxygens (including phenoxy) is 2. The SMILES string of the molecule is C[C@H](Oc1cc(OCCO)nc(C(N)=C2CCC[C@@]3(CCCCC3=O)C2=O)n1)[C@@H]1CCCN1C. The highest BCUT2D eigenvalue weighted by molar-refractivity contribution is 6.17. The number of nitrogens with zero attached hydrogens (tertiary/aromatic N) is 3. The van der Waals surface area contributed by atoms with Crippen molar-refractivity contribution in [3.05, 3.63) is 17.5 Å². The molecule has 0 radical (unpaired) electrons. The van der Waals surface area contributed by atoms with E-state index in [1.54, 1.807) is 6.07 Å². The Bertz CT molecular complexity index is 961. The third-order valence-corrected chi connectivity index (χ3v) is 7.54. The fourth-order valence-corrected chi connectivity index (χ4v) is 5.68. The molecule has 0 unspecified atom stereocenters. The molecule has 3 aliphatic rings. The Hall–Kier alpha value is -2.52. The number of likely N-dealkylation sites (tertiary alicyclic amines) is 1. The third kappa shape index (κ3) is 4.81. The van der Waals surface area contributed by atoms with E-state index < -0.39 is 5.41 Å². The summed E-state index contributed by atoms with van der Waals surface area (Å²) in [5.41, 5.74) is 6.15. The Morgan fingerprint density at radius 2 is 1.97 bits per heavy atom. The van der Waals surface area contributed by atoms with Crippen molar-refractivity contribution in [3.63, 3.8) is 0 Å². The number of hydrogen-bond acceptors (Lipinski definition) is 9. The first kappa shape index (κ1) is 24.6. The lowest BCUT2D eigenvalue weighted by molar-refractivity contribution is -0.143. The standard InChI is InChI=1S/C25H36N4O5/c1-16(18-8-6-12-29(18)2)34-21-15-20(33-14-13-30)27-24(28-21)22(26)17-7-5-11-25(23(17)32)10-4-3-9-19(25)31/h15-16,18,30H,3-14,26H2,1-2H3/t16-,18-,25+/m0/s1. The molecule has 34 heavy (non-hydrogen) atoms. The van der Waals surface area contributed by atoms with E-state index in [4.69, 9.17) is 15.2 Å². The molecule has 1 aromatic heterocycles. The van der Waals surface area contributed by atoms with Crippen molar-refractivity contribution in [3.8, 4) is 11.8 Å². The van der Waals surface area contributed by atoms with Crippen LogP contribution in [0.25, 0.3) is 5.70 Å². The molecule has 3 N–H and O–H groups in total. The van der Waals surface area contributed by atoms with Crippen LogP contribution >= 0.6 is 0 Å². The highest BCUT2D eigenvalue weighted by Crippen LogP contribution is 2.45. The number of carbonyl (C=O) groups excluding carboxylic acids is 2. The molecule has 2 saturated carbocycles. The molecule has 2 heterocycles. The van der Waals surface area contributed by atoms with Crippen LogP contribution in [0, 0.1) is 5.41 Å². The minimum Gasteiger partial charge on any atom is -0.475 e. The zero-order valence-electron chi connectivity index (χ0n) is 20.2. The number of allylic oxidation sites excluding steroid dienone is 1. The normalized spacial score (nSPS) is 28.3. The summed E-state index contributed by atoms with van der Waals surface area (Å²) in [6.07, 6.45) is 6.59. The first-order valence-corrected chi connectivity index (χ1v) is 12.4. The highest BCUT2D eigenvalue weighted by Gasteiger charge is 2.49. The summed E-state index contributed by atoms with van der Waals surface area (Å²) in [5, 5.41) is 9.18. The second-order valence-corrected chi connectivity index (χ2v) is 9.74. The van der Waals surface area contributed by atoms with Crippen molar-refractivity contribution in [2.45, 2.75) is 76.9 Å². The lowest BCUT2D eigenvalue weighted by Crippen LogP contribution is -2.45. The molecule has 186 valence electrons. The van der Waals surface area contributed by atoms with E-state index in [1.807, 2.05) is 6.92 Å². The van der Waals surface area contributed by atoms with Crippen LogP contribution in [0.5, 0.6) is 11.8 Å². The van der Waals surface area contributed by atoms with E-state index >= 15 is 0 Å². The Balaban J connectivity index is 1.66. The Morgan fingerprint density at radius 1 is 1.21 bits per heavy atom. The maximum Gasteiger partial charge on any atom is 0.221 e. The van der Waals surface area contributed by atoms with Crippen molar-refractivity contribution in [1.29, 1.82) is 0 Å². The van der Waals surface area contributed by atoms with E-state index in [-0.39, 0.29) is 54.3 Å². The molecule has 1 spiro atoms. The van der Waals surface area contributed by atoms with Crippen LogP contribution < -0.4 is 15.2 Å². The number of hydrogen-bond donors (Lipinski definition) is 2. The molecule has 0 bridgehead atoms. The van der Waals surface area contributed by atoms with E-state index in [0.717, 1.165) is 38.6 Å². The molecule has 3 atom stereocenters. The molecular weight excluding hydrogens is 436 g/mol. The third-order valence-electron chi connectivity index (χ3n) is 7.54. The lowest BCUT2D eigenvalue weighted by Gasteiger charge is -2.38. The van der Waals surface area contributed by atoms with Crippen molar-refractivity contribution in [1.82, 2.24) is 14.9 Å². The van der Waals surface area contributed by atoms with Gasteiger partial charge in [0, 0.05) is 18.0 Å². The van der Waals surface area contributed by atoms with Gasteiger partial charge in [-0.1, -0.05) is 6.42 Å². The molecule has 4 rings (SSSR count). The average Bonchev–Trinajstić information content (AvgIpc) is 3.26. The lowest BCUT2D eigenvalue weighted by atomic mass is 9.62. The molecule has 1 aromatic rings. The zero-order valence-corrected chi connectivity index (χ0v) is 20.2. The zero-order chi connectivity index (χ0) is 24.3. The predicted molar refractivity (Wildman–Crippen MR) is 126 cm³/mol. The second kappa shape index (κ2) is 10.4. The topological polar surface area (TPSA) is 128 Å². The van der Waals surface area contributed by atoms with E-state index in [1.165, 1.54) is 0 Å². The van der Waals surface area contributed by atoms with Crippen LogP contribution in [0.1, 0.15) is 70.5 Å². The minimum atomic E-state index is -0.942. The smallest absolute Gasteiger partial charge is 0.221 e. The fraction of sp³-hybridized carbons (Fsp3) is 0.680. The van der Waals surface area contributed by atoms with Crippen LogP contribution in [0.4, 0.5) is 0 Å². The second-order valence-electron chi connectivity index (χ2n) is 9.74. The highest BCUT2D eigenvalue weighted by atomic mass is 16.5. The molecule has 9 heteroatoms. The van der Waals surface area contributed by atoms with E-state index in [9.17, 15) is 14.7 Å². The Kier molecular flexibility index (Phi) is 7.52. The first-order chi connectivity index (χ1) is 16.4. The number of ketones is 2. The summed E-state index contributed by atoms with van der Waals surface area (Å²) in [6.45, 7) is 2.93. The maximum atomic E-state index is 13.5. The summed E-state index contributed by atoms with van der Waals surface area (Å²) in [7, 11) is 2.08. The number of aliphatic hydroxyl groups excluding tert-OH is 1. The van der Waals surface area contributed by atoms with Gasteiger partial charge in [0.2, 0.25) is 11.8 Å². The summed E-state index contributed by atoms with van der Waals surface area (Å²) >= 11 is 0. The van der Waals surface area contributed by atoms with E-state index in [2.05, 4.69) is 21.9 Å². The molecule has 0 amide bonds. The predicted octanol–water partition coefficient (Wildman–Crippen LogP) is 2.26. The number of aromatic nitrogens is 2. The summed E-state index contributed by atoms with van der Waals surface area (Å²) in [4.78, 5) is 37.5. The molecule has 0 aromatic carbocycles. The van der Waals surface area contributed by atoms with Gasteiger partial charge < -0.3 is 20.3 Å². The van der Waals surface area contributed by atoms with Crippen LogP contribution in [0.3, 0.4) is 0 Å². The molecule has 3 fully saturated rings. The molecule has 1 aliphatic heterocycles. The summed E-state index contributed by atoms with van der Waals surface area (Å²) < 4.78 is 11.7. The number of likely N-dealkylation sites (N-methyl/N-ethyl adjacent to an activating group) is 1. The average molecular weight is 473 g/mol. The summed E-state index contributed by atoms with van der Waals surface area (Å²) in [5.74, 6) is 0.543. The van der Waals surface area contributed by atoms with Gasteiger partial charge in [-0.05, 0) is 65.5 Å². The Labute approximate surface area is 200 Å². The van der Waals surface area contributed by atoms with Crippen LogP contribution in [0.2, 0.25) is 0 Å². The van der Waals surface area contributed by atoms with Gasteiger partial charge in [0.25, 0.3) is 0 Å². The molecule has 2 aliphatic carbocycles. The van der Waals surface area contributed by atoms with Crippen LogP contribution in [-0.2, 0) is 9.59 Å². The number of rotatable bonds is 7. The van der Waals surface area contributed by atoms with Gasteiger partial charge in [-0.3, -0.25) is 14.5 Å². The fourth-order valence-electron chi connectivity index (χ4n) is 5.68. The van der Waals surface area contributed by atoms with Gasteiger partial charge in [0.1, 0.15) is 18.5 Å². The number of aliphatic hydroxyl groups is 1. The maximum absolute atomic E-state index is 13.5. The van der Waals surface area contributed by atoms with Crippen LogP contribution in [-0.4, -0.2) is 70.5 Å². The summed E-state index contributed by atoms with van der Waals surface area (Å²) in [6, 6.07) is 1.85. The van der Waals surface area contributed by atoms with Crippen molar-refractivity contribution < 1.29 is 24.2 Å². The number of nitrogens with two attached hydrogens (primary N) is 1. The van der Waals surface area contributed by atoms with Gasteiger partial charge in [-0.15, -0.1) is 0 Å².